The molecule has 19 heavy (non-hydrogen) atoms. The summed E-state index contributed by atoms with van der Waals surface area (Å²) in [5.74, 6) is 1.18. The fourth-order valence-corrected chi connectivity index (χ4v) is 1.61. The SMILES string of the molecule is CCOC(COc1cc(CO)ccc1OC)OCC. The minimum Gasteiger partial charge on any atom is -0.493 e. The van der Waals surface area contributed by atoms with Crippen molar-refractivity contribution in [3.05, 3.63) is 23.8 Å². The Hall–Kier alpha value is -1.30. The minimum absolute atomic E-state index is 0.0410. The minimum atomic E-state index is -0.405. The summed E-state index contributed by atoms with van der Waals surface area (Å²) in [7, 11) is 1.57. The number of hydrogen-bond acceptors (Lipinski definition) is 5. The largest absolute Gasteiger partial charge is 0.493 e. The number of aliphatic hydroxyl groups is 1. The first-order chi connectivity index (χ1) is 9.24. The lowest BCUT2D eigenvalue weighted by Gasteiger charge is -2.18. The molecule has 0 saturated carbocycles. The monoisotopic (exact) mass is 270 g/mol. The lowest BCUT2D eigenvalue weighted by Crippen LogP contribution is -2.25. The van der Waals surface area contributed by atoms with Gasteiger partial charge in [0.15, 0.2) is 17.8 Å². The maximum absolute atomic E-state index is 9.13. The molecule has 0 unspecified atom stereocenters. The van der Waals surface area contributed by atoms with Gasteiger partial charge in [0.05, 0.1) is 13.7 Å². The second-order valence-corrected chi connectivity index (χ2v) is 3.79. The molecule has 0 aliphatic heterocycles. The predicted molar refractivity (Wildman–Crippen MR) is 71.5 cm³/mol. The van der Waals surface area contributed by atoms with E-state index in [1.807, 2.05) is 13.8 Å². The molecule has 1 N–H and O–H groups in total. The van der Waals surface area contributed by atoms with Gasteiger partial charge < -0.3 is 24.1 Å². The molecule has 0 amide bonds. The first-order valence-electron chi connectivity index (χ1n) is 6.38. The zero-order valence-electron chi connectivity index (χ0n) is 11.7. The van der Waals surface area contributed by atoms with Gasteiger partial charge in [-0.1, -0.05) is 6.07 Å². The van der Waals surface area contributed by atoms with Crippen LogP contribution in [-0.4, -0.2) is 38.3 Å². The van der Waals surface area contributed by atoms with E-state index in [0.29, 0.717) is 24.7 Å². The number of aliphatic hydroxyl groups excluding tert-OH is 1. The highest BCUT2D eigenvalue weighted by atomic mass is 16.7. The zero-order valence-corrected chi connectivity index (χ0v) is 11.7. The van der Waals surface area contributed by atoms with Gasteiger partial charge >= 0.3 is 0 Å². The lowest BCUT2D eigenvalue weighted by atomic mass is 10.2. The summed E-state index contributed by atoms with van der Waals surface area (Å²) in [6.45, 7) is 5.15. The third kappa shape index (κ3) is 5.06. The molecule has 0 aromatic heterocycles. The third-order valence-corrected chi connectivity index (χ3v) is 2.49. The van der Waals surface area contributed by atoms with Crippen molar-refractivity contribution in [2.45, 2.75) is 26.7 Å². The second-order valence-electron chi connectivity index (χ2n) is 3.79. The molecule has 0 spiro atoms. The van der Waals surface area contributed by atoms with Crippen LogP contribution in [0.4, 0.5) is 0 Å². The van der Waals surface area contributed by atoms with E-state index in [-0.39, 0.29) is 13.2 Å². The van der Waals surface area contributed by atoms with Gasteiger partial charge in [-0.15, -0.1) is 0 Å². The average Bonchev–Trinajstić information content (AvgIpc) is 2.44. The molecule has 0 saturated heterocycles. The standard InChI is InChI=1S/C14H22O5/c1-4-17-14(18-5-2)10-19-13-8-11(9-15)6-7-12(13)16-3/h6-8,14-15H,4-5,9-10H2,1-3H3. The number of benzene rings is 1. The Kier molecular flexibility index (Phi) is 7.25. The number of rotatable bonds is 9. The summed E-state index contributed by atoms with van der Waals surface area (Å²) in [4.78, 5) is 0. The van der Waals surface area contributed by atoms with Gasteiger partial charge in [0, 0.05) is 13.2 Å². The van der Waals surface area contributed by atoms with Crippen LogP contribution in [0, 0.1) is 0 Å². The van der Waals surface area contributed by atoms with E-state index in [2.05, 4.69) is 0 Å². The van der Waals surface area contributed by atoms with Gasteiger partial charge in [-0.3, -0.25) is 0 Å². The summed E-state index contributed by atoms with van der Waals surface area (Å²) in [5, 5.41) is 9.13. The van der Waals surface area contributed by atoms with E-state index >= 15 is 0 Å². The number of ether oxygens (including phenoxy) is 4. The first kappa shape index (κ1) is 15.8. The summed E-state index contributed by atoms with van der Waals surface area (Å²) < 4.78 is 21.7. The Labute approximate surface area is 114 Å². The summed E-state index contributed by atoms with van der Waals surface area (Å²) >= 11 is 0. The fourth-order valence-electron chi connectivity index (χ4n) is 1.61. The molecule has 0 fully saturated rings. The quantitative estimate of drug-likeness (QED) is 0.695. The molecule has 0 heterocycles. The first-order valence-corrected chi connectivity index (χ1v) is 6.38. The van der Waals surface area contributed by atoms with Crippen molar-refractivity contribution in [1.82, 2.24) is 0 Å². The van der Waals surface area contributed by atoms with Crippen molar-refractivity contribution in [3.8, 4) is 11.5 Å². The van der Waals surface area contributed by atoms with Crippen molar-refractivity contribution in [3.63, 3.8) is 0 Å². The Morgan fingerprint density at radius 3 is 2.32 bits per heavy atom. The van der Waals surface area contributed by atoms with Crippen molar-refractivity contribution in [2.24, 2.45) is 0 Å². The van der Waals surface area contributed by atoms with Crippen molar-refractivity contribution in [2.75, 3.05) is 26.9 Å². The highest BCUT2D eigenvalue weighted by molar-refractivity contribution is 5.42. The van der Waals surface area contributed by atoms with E-state index in [1.54, 1.807) is 25.3 Å². The zero-order chi connectivity index (χ0) is 14.1. The van der Waals surface area contributed by atoms with Gasteiger partial charge in [0.1, 0.15) is 6.61 Å². The maximum Gasteiger partial charge on any atom is 0.191 e. The molecule has 0 bridgehead atoms. The van der Waals surface area contributed by atoms with Gasteiger partial charge in [-0.25, -0.2) is 0 Å². The molecular formula is C14H22O5. The number of methoxy groups -OCH3 is 1. The molecule has 0 atom stereocenters. The third-order valence-electron chi connectivity index (χ3n) is 2.49. The van der Waals surface area contributed by atoms with Crippen LogP contribution in [-0.2, 0) is 16.1 Å². The molecular weight excluding hydrogens is 248 g/mol. The molecule has 108 valence electrons. The second kappa shape index (κ2) is 8.74. The van der Waals surface area contributed by atoms with E-state index in [4.69, 9.17) is 24.1 Å². The van der Waals surface area contributed by atoms with E-state index in [0.717, 1.165) is 5.56 Å². The van der Waals surface area contributed by atoms with Crippen molar-refractivity contribution in [1.29, 1.82) is 0 Å². The molecule has 1 aromatic carbocycles. The summed E-state index contributed by atoms with van der Waals surface area (Å²) in [6.07, 6.45) is -0.405. The molecule has 0 aliphatic rings. The number of hydrogen-bond donors (Lipinski definition) is 1. The van der Waals surface area contributed by atoms with Crippen molar-refractivity contribution < 1.29 is 24.1 Å². The highest BCUT2D eigenvalue weighted by Crippen LogP contribution is 2.28. The van der Waals surface area contributed by atoms with Crippen molar-refractivity contribution >= 4 is 0 Å². The van der Waals surface area contributed by atoms with E-state index < -0.39 is 6.29 Å². The molecule has 5 heteroatoms. The Morgan fingerprint density at radius 1 is 1.11 bits per heavy atom. The van der Waals surface area contributed by atoms with Gasteiger partial charge in [0.2, 0.25) is 0 Å². The van der Waals surface area contributed by atoms with Crippen LogP contribution in [0.5, 0.6) is 11.5 Å². The predicted octanol–water partition coefficient (Wildman–Crippen LogP) is 1.97. The molecule has 5 nitrogen and oxygen atoms in total. The summed E-state index contributed by atoms with van der Waals surface area (Å²) in [6, 6.07) is 5.29. The smallest absolute Gasteiger partial charge is 0.191 e. The molecule has 1 rings (SSSR count). The maximum atomic E-state index is 9.13. The van der Waals surface area contributed by atoms with Gasteiger partial charge in [0.25, 0.3) is 0 Å². The van der Waals surface area contributed by atoms with E-state index in [9.17, 15) is 0 Å². The topological polar surface area (TPSA) is 57.2 Å². The van der Waals surface area contributed by atoms with Gasteiger partial charge in [-0.2, -0.15) is 0 Å². The summed E-state index contributed by atoms with van der Waals surface area (Å²) in [5.41, 5.74) is 0.764. The molecule has 0 aliphatic carbocycles. The Bertz CT molecular complexity index is 361. The van der Waals surface area contributed by atoms with Crippen LogP contribution < -0.4 is 9.47 Å². The molecule has 0 radical (unpaired) electrons. The van der Waals surface area contributed by atoms with Crippen LogP contribution >= 0.6 is 0 Å². The van der Waals surface area contributed by atoms with Crippen LogP contribution in [0.1, 0.15) is 19.4 Å². The lowest BCUT2D eigenvalue weighted by molar-refractivity contribution is -0.152. The van der Waals surface area contributed by atoms with Crippen LogP contribution in [0.15, 0.2) is 18.2 Å². The van der Waals surface area contributed by atoms with Crippen LogP contribution in [0.3, 0.4) is 0 Å². The average molecular weight is 270 g/mol. The van der Waals surface area contributed by atoms with E-state index in [1.165, 1.54) is 0 Å². The Morgan fingerprint density at radius 2 is 1.79 bits per heavy atom. The van der Waals surface area contributed by atoms with Gasteiger partial charge in [-0.05, 0) is 31.5 Å². The Balaban J connectivity index is 2.68. The fraction of sp³-hybridized carbons (Fsp3) is 0.571. The van der Waals surface area contributed by atoms with Crippen LogP contribution in [0.2, 0.25) is 0 Å². The molecule has 1 aromatic rings. The normalized spacial score (nSPS) is 10.8. The van der Waals surface area contributed by atoms with Crippen LogP contribution in [0.25, 0.3) is 0 Å². The highest BCUT2D eigenvalue weighted by Gasteiger charge is 2.12.